The lowest BCUT2D eigenvalue weighted by Gasteiger charge is -2.18. The molecule has 0 rings (SSSR count). The van der Waals surface area contributed by atoms with Crippen LogP contribution < -0.4 is 0 Å². The first kappa shape index (κ1) is 68.4. The van der Waals surface area contributed by atoms with Gasteiger partial charge in [0.1, 0.15) is 13.2 Å². The lowest BCUT2D eigenvalue weighted by Crippen LogP contribution is -2.30. The predicted molar refractivity (Wildman–Crippen MR) is 307 cm³/mol. The molecule has 0 aliphatic carbocycles. The predicted octanol–water partition coefficient (Wildman–Crippen LogP) is 21.0. The summed E-state index contributed by atoms with van der Waals surface area (Å²) in [5, 5.41) is 0. The van der Waals surface area contributed by atoms with Gasteiger partial charge < -0.3 is 14.2 Å². The van der Waals surface area contributed by atoms with Crippen molar-refractivity contribution in [2.75, 3.05) is 13.2 Å². The molecule has 0 amide bonds. The van der Waals surface area contributed by atoms with Gasteiger partial charge in [0.25, 0.3) is 0 Å². The highest BCUT2D eigenvalue weighted by molar-refractivity contribution is 5.71. The molecule has 1 unspecified atom stereocenters. The molecule has 6 heteroatoms. The third-order valence-electron chi connectivity index (χ3n) is 13.8. The molecule has 0 aliphatic heterocycles. The largest absolute Gasteiger partial charge is 0.462 e. The molecule has 0 aromatic rings. The molecule has 0 aromatic carbocycles. The number of carbonyl (C=O) groups is 3. The number of carbonyl (C=O) groups excluding carboxylic acids is 3. The number of rotatable bonds is 57. The zero-order valence-electron chi connectivity index (χ0n) is 47.5. The Bertz CT molecular complexity index is 1230. The number of esters is 3. The summed E-state index contributed by atoms with van der Waals surface area (Å²) in [6, 6.07) is 0. The molecular weight excluding hydrogens is 877 g/mol. The maximum absolute atomic E-state index is 12.9. The Labute approximate surface area is 441 Å². The van der Waals surface area contributed by atoms with Crippen molar-refractivity contribution in [3.63, 3.8) is 0 Å². The molecule has 0 saturated carbocycles. The molecule has 414 valence electrons. The molecule has 1 atom stereocenters. The average Bonchev–Trinajstić information content (AvgIpc) is 3.37. The van der Waals surface area contributed by atoms with E-state index in [9.17, 15) is 14.4 Å². The fraction of sp³-hybridized carbons (Fsp3) is 0.831. The van der Waals surface area contributed by atoms with Crippen LogP contribution in [0.25, 0.3) is 0 Å². The van der Waals surface area contributed by atoms with Crippen LogP contribution in [-0.4, -0.2) is 37.2 Å². The average molecular weight is 996 g/mol. The normalized spacial score (nSPS) is 12.3. The van der Waals surface area contributed by atoms with Crippen LogP contribution in [0.1, 0.15) is 329 Å². The van der Waals surface area contributed by atoms with Crippen molar-refractivity contribution >= 4 is 17.9 Å². The molecule has 0 N–H and O–H groups in total. The van der Waals surface area contributed by atoms with Crippen molar-refractivity contribution in [3.05, 3.63) is 48.6 Å². The minimum Gasteiger partial charge on any atom is -0.462 e. The van der Waals surface area contributed by atoms with E-state index in [0.29, 0.717) is 19.3 Å². The molecule has 0 heterocycles. The maximum Gasteiger partial charge on any atom is 0.306 e. The standard InChI is InChI=1S/C65H118O6/c1-4-7-10-13-16-19-22-24-26-28-30-31-32-33-35-36-38-40-43-46-49-52-55-58-64(67)70-61-62(60-69-63(66)57-54-51-48-45-42-21-18-15-12-9-6-3)71-65(68)59-56-53-50-47-44-41-39-37-34-29-27-25-23-20-17-14-11-8-5-2/h15,17-18,20,25,27,34,37,62H,4-14,16,19,21-24,26,28-33,35-36,38-61H2,1-3H3/b18-15-,20-17-,27-25-,37-34-. The van der Waals surface area contributed by atoms with E-state index in [1.54, 1.807) is 0 Å². The van der Waals surface area contributed by atoms with E-state index in [2.05, 4.69) is 69.4 Å². The van der Waals surface area contributed by atoms with Crippen LogP contribution in [0.2, 0.25) is 0 Å². The Kier molecular flexibility index (Phi) is 57.7. The zero-order chi connectivity index (χ0) is 51.4. The fourth-order valence-electron chi connectivity index (χ4n) is 9.08. The van der Waals surface area contributed by atoms with Crippen LogP contribution in [0.4, 0.5) is 0 Å². The van der Waals surface area contributed by atoms with E-state index in [1.807, 2.05) is 0 Å². The Morgan fingerprint density at radius 1 is 0.282 bits per heavy atom. The first-order valence-electron chi connectivity index (χ1n) is 31.1. The van der Waals surface area contributed by atoms with Gasteiger partial charge in [0.15, 0.2) is 6.10 Å². The van der Waals surface area contributed by atoms with Gasteiger partial charge in [0.05, 0.1) is 0 Å². The molecule has 0 bridgehead atoms. The summed E-state index contributed by atoms with van der Waals surface area (Å²) in [5.41, 5.74) is 0. The number of allylic oxidation sites excluding steroid dienone is 8. The lowest BCUT2D eigenvalue weighted by atomic mass is 10.0. The summed E-state index contributed by atoms with van der Waals surface area (Å²) in [6.45, 7) is 6.60. The highest BCUT2D eigenvalue weighted by atomic mass is 16.6. The van der Waals surface area contributed by atoms with Gasteiger partial charge in [-0.05, 0) is 77.0 Å². The maximum atomic E-state index is 12.9. The van der Waals surface area contributed by atoms with E-state index in [4.69, 9.17) is 14.2 Å². The first-order chi connectivity index (χ1) is 35.0. The molecule has 0 aromatic heterocycles. The zero-order valence-corrected chi connectivity index (χ0v) is 47.5. The van der Waals surface area contributed by atoms with E-state index in [-0.39, 0.29) is 31.1 Å². The Morgan fingerprint density at radius 2 is 0.521 bits per heavy atom. The number of hydrogen-bond acceptors (Lipinski definition) is 6. The second kappa shape index (κ2) is 59.9. The topological polar surface area (TPSA) is 78.9 Å². The monoisotopic (exact) mass is 995 g/mol. The highest BCUT2D eigenvalue weighted by Gasteiger charge is 2.19. The van der Waals surface area contributed by atoms with Gasteiger partial charge >= 0.3 is 17.9 Å². The van der Waals surface area contributed by atoms with E-state index >= 15 is 0 Å². The summed E-state index contributed by atoms with van der Waals surface area (Å²) in [5.74, 6) is -0.884. The summed E-state index contributed by atoms with van der Waals surface area (Å²) < 4.78 is 16.9. The molecule has 71 heavy (non-hydrogen) atoms. The summed E-state index contributed by atoms with van der Waals surface area (Å²) in [4.78, 5) is 38.2. The lowest BCUT2D eigenvalue weighted by molar-refractivity contribution is -0.167. The third kappa shape index (κ3) is 58.1. The van der Waals surface area contributed by atoms with Crippen molar-refractivity contribution in [3.8, 4) is 0 Å². The van der Waals surface area contributed by atoms with Gasteiger partial charge in [0, 0.05) is 19.3 Å². The molecular formula is C65H118O6. The van der Waals surface area contributed by atoms with Crippen molar-refractivity contribution < 1.29 is 28.6 Å². The van der Waals surface area contributed by atoms with Gasteiger partial charge in [-0.25, -0.2) is 0 Å². The Balaban J connectivity index is 4.26. The van der Waals surface area contributed by atoms with Crippen molar-refractivity contribution in [1.82, 2.24) is 0 Å². The van der Waals surface area contributed by atoms with Gasteiger partial charge in [0.2, 0.25) is 0 Å². The molecule has 0 fully saturated rings. The Morgan fingerprint density at radius 3 is 0.873 bits per heavy atom. The van der Waals surface area contributed by atoms with E-state index < -0.39 is 6.10 Å². The molecule has 0 radical (unpaired) electrons. The number of hydrogen-bond donors (Lipinski definition) is 0. The van der Waals surface area contributed by atoms with Gasteiger partial charge in [-0.3, -0.25) is 14.4 Å². The van der Waals surface area contributed by atoms with Crippen LogP contribution in [-0.2, 0) is 28.6 Å². The number of unbranched alkanes of at least 4 members (excludes halogenated alkanes) is 38. The molecule has 0 aliphatic rings. The SMILES string of the molecule is CCCC/C=C\CCCCCCCC(=O)OCC(COC(=O)CCCCCCCCCCCCCCCCCCCCCCCCC)OC(=O)CCCCCCCC/C=C\C/C=C\C/C=C\CCCCC. The van der Waals surface area contributed by atoms with Crippen LogP contribution in [0.5, 0.6) is 0 Å². The number of ether oxygens (including phenoxy) is 3. The fourth-order valence-corrected chi connectivity index (χ4v) is 9.08. The van der Waals surface area contributed by atoms with Crippen molar-refractivity contribution in [2.24, 2.45) is 0 Å². The third-order valence-corrected chi connectivity index (χ3v) is 13.8. The Hall–Kier alpha value is -2.63. The second-order valence-electron chi connectivity index (χ2n) is 21.0. The van der Waals surface area contributed by atoms with E-state index in [0.717, 1.165) is 89.9 Å². The van der Waals surface area contributed by atoms with Crippen LogP contribution in [0.15, 0.2) is 48.6 Å². The minimum absolute atomic E-state index is 0.0780. The second-order valence-corrected chi connectivity index (χ2v) is 21.0. The van der Waals surface area contributed by atoms with Crippen molar-refractivity contribution in [2.45, 2.75) is 335 Å². The van der Waals surface area contributed by atoms with Crippen LogP contribution in [0, 0.1) is 0 Å². The van der Waals surface area contributed by atoms with Crippen molar-refractivity contribution in [1.29, 1.82) is 0 Å². The van der Waals surface area contributed by atoms with Gasteiger partial charge in [-0.2, -0.15) is 0 Å². The van der Waals surface area contributed by atoms with Crippen LogP contribution >= 0.6 is 0 Å². The van der Waals surface area contributed by atoms with Crippen LogP contribution in [0.3, 0.4) is 0 Å². The molecule has 0 saturated heterocycles. The molecule has 6 nitrogen and oxygen atoms in total. The first-order valence-corrected chi connectivity index (χ1v) is 31.1. The van der Waals surface area contributed by atoms with Gasteiger partial charge in [-0.15, -0.1) is 0 Å². The summed E-state index contributed by atoms with van der Waals surface area (Å²) in [6.07, 6.45) is 74.0. The highest BCUT2D eigenvalue weighted by Crippen LogP contribution is 2.17. The van der Waals surface area contributed by atoms with Gasteiger partial charge in [-0.1, -0.05) is 281 Å². The summed E-state index contributed by atoms with van der Waals surface area (Å²) >= 11 is 0. The quantitative estimate of drug-likeness (QED) is 0.0261. The smallest absolute Gasteiger partial charge is 0.306 e. The molecule has 0 spiro atoms. The van der Waals surface area contributed by atoms with E-state index in [1.165, 1.54) is 199 Å². The minimum atomic E-state index is -0.782. The summed E-state index contributed by atoms with van der Waals surface area (Å²) in [7, 11) is 0.